The number of hydrogen-bond donors (Lipinski definition) is 3. The Labute approximate surface area is 128 Å². The van der Waals surface area contributed by atoms with Crippen LogP contribution in [0, 0.1) is 0 Å². The molecule has 0 heterocycles. The Morgan fingerprint density at radius 3 is 2.59 bits per heavy atom. The Bertz CT molecular complexity index is 544. The number of carboxylic acid groups (broad SMARTS) is 1. The van der Waals surface area contributed by atoms with E-state index in [2.05, 4.69) is 5.32 Å². The van der Waals surface area contributed by atoms with Crippen molar-refractivity contribution in [3.8, 4) is 5.75 Å². The summed E-state index contributed by atoms with van der Waals surface area (Å²) in [4.78, 5) is 33.6. The van der Waals surface area contributed by atoms with Crippen molar-refractivity contribution in [1.29, 1.82) is 0 Å². The minimum Gasteiger partial charge on any atom is -0.480 e. The third kappa shape index (κ3) is 5.92. The Hall–Kier alpha value is -2.41. The molecule has 7 nitrogen and oxygen atoms in total. The summed E-state index contributed by atoms with van der Waals surface area (Å²) in [6.07, 6.45) is 1.57. The summed E-state index contributed by atoms with van der Waals surface area (Å²) in [7, 11) is 0. The summed E-state index contributed by atoms with van der Waals surface area (Å²) >= 11 is 0. The van der Waals surface area contributed by atoms with Gasteiger partial charge in [-0.25, -0.2) is 0 Å². The zero-order valence-electron chi connectivity index (χ0n) is 12.4. The molecule has 0 fully saturated rings. The minimum absolute atomic E-state index is 0.209. The van der Waals surface area contributed by atoms with Crippen molar-refractivity contribution in [3.63, 3.8) is 0 Å². The molecule has 1 atom stereocenters. The highest BCUT2D eigenvalue weighted by atomic mass is 16.5. The number of nitrogens with two attached hydrogens (primary N) is 1. The lowest BCUT2D eigenvalue weighted by atomic mass is 10.1. The lowest BCUT2D eigenvalue weighted by Gasteiger charge is -2.10. The number of carbonyl (C=O) groups excluding carboxylic acids is 2. The van der Waals surface area contributed by atoms with Gasteiger partial charge >= 0.3 is 11.9 Å². The second-order valence-electron chi connectivity index (χ2n) is 4.79. The van der Waals surface area contributed by atoms with Crippen LogP contribution >= 0.6 is 0 Å². The van der Waals surface area contributed by atoms with Crippen molar-refractivity contribution in [2.45, 2.75) is 32.2 Å². The smallest absolute Gasteiger partial charge is 0.320 e. The van der Waals surface area contributed by atoms with Gasteiger partial charge in [0.05, 0.1) is 5.56 Å². The van der Waals surface area contributed by atoms with Crippen LogP contribution in [0.2, 0.25) is 0 Å². The summed E-state index contributed by atoms with van der Waals surface area (Å²) in [6, 6.07) is 5.58. The Balaban J connectivity index is 2.43. The fourth-order valence-corrected chi connectivity index (χ4v) is 1.81. The molecule has 1 rings (SSSR count). The van der Waals surface area contributed by atoms with Crippen molar-refractivity contribution in [2.75, 3.05) is 6.54 Å². The fraction of sp³-hybridized carbons (Fsp3) is 0.400. The molecule has 0 radical (unpaired) electrons. The van der Waals surface area contributed by atoms with Gasteiger partial charge in [0.25, 0.3) is 5.91 Å². The van der Waals surface area contributed by atoms with Gasteiger partial charge in [0.15, 0.2) is 0 Å². The maximum Gasteiger partial charge on any atom is 0.320 e. The number of amides is 1. The molecule has 0 saturated heterocycles. The van der Waals surface area contributed by atoms with Crippen LogP contribution in [0.25, 0.3) is 0 Å². The van der Waals surface area contributed by atoms with E-state index < -0.39 is 18.0 Å². The molecule has 0 aliphatic heterocycles. The van der Waals surface area contributed by atoms with E-state index in [9.17, 15) is 14.4 Å². The summed E-state index contributed by atoms with van der Waals surface area (Å²) < 4.78 is 4.97. The van der Waals surface area contributed by atoms with Gasteiger partial charge in [-0.3, -0.25) is 14.4 Å². The first-order valence-corrected chi connectivity index (χ1v) is 6.96. The number of rotatable bonds is 8. The normalized spacial score (nSPS) is 11.5. The van der Waals surface area contributed by atoms with Crippen LogP contribution in [-0.4, -0.2) is 35.5 Å². The average molecular weight is 308 g/mol. The predicted molar refractivity (Wildman–Crippen MR) is 79.5 cm³/mol. The molecule has 1 aromatic rings. The van der Waals surface area contributed by atoms with Crippen LogP contribution < -0.4 is 15.8 Å². The van der Waals surface area contributed by atoms with E-state index in [1.807, 2.05) is 0 Å². The highest BCUT2D eigenvalue weighted by molar-refractivity contribution is 5.97. The van der Waals surface area contributed by atoms with Gasteiger partial charge in [-0.05, 0) is 31.4 Å². The highest BCUT2D eigenvalue weighted by Gasteiger charge is 2.13. The summed E-state index contributed by atoms with van der Waals surface area (Å²) in [5.74, 6) is -1.66. The number of ether oxygens (including phenoxy) is 1. The maximum absolute atomic E-state index is 12.0. The third-order valence-electron chi connectivity index (χ3n) is 2.93. The molecule has 7 heteroatoms. The van der Waals surface area contributed by atoms with E-state index in [-0.39, 0.29) is 17.2 Å². The highest BCUT2D eigenvalue weighted by Crippen LogP contribution is 2.17. The van der Waals surface area contributed by atoms with Crippen LogP contribution in [0.15, 0.2) is 24.3 Å². The second-order valence-corrected chi connectivity index (χ2v) is 4.79. The van der Waals surface area contributed by atoms with Crippen molar-refractivity contribution >= 4 is 17.8 Å². The molecule has 1 aromatic carbocycles. The molecule has 0 spiro atoms. The molecule has 0 bridgehead atoms. The van der Waals surface area contributed by atoms with Gasteiger partial charge in [-0.2, -0.15) is 0 Å². The van der Waals surface area contributed by atoms with Gasteiger partial charge < -0.3 is 20.9 Å². The first-order chi connectivity index (χ1) is 10.4. The molecule has 1 unspecified atom stereocenters. The van der Waals surface area contributed by atoms with Crippen molar-refractivity contribution in [1.82, 2.24) is 5.32 Å². The number of carbonyl (C=O) groups is 3. The number of hydrogen-bond acceptors (Lipinski definition) is 5. The Kier molecular flexibility index (Phi) is 7.04. The number of para-hydroxylation sites is 1. The number of esters is 1. The first kappa shape index (κ1) is 17.6. The van der Waals surface area contributed by atoms with Gasteiger partial charge in [0, 0.05) is 13.5 Å². The predicted octanol–water partition coefficient (Wildman–Crippen LogP) is 0.924. The van der Waals surface area contributed by atoms with E-state index in [4.69, 9.17) is 15.6 Å². The number of aliphatic carboxylic acids is 1. The van der Waals surface area contributed by atoms with Crippen LogP contribution in [0.1, 0.15) is 36.5 Å². The number of unbranched alkanes of at least 4 members (excludes halogenated alkanes) is 1. The van der Waals surface area contributed by atoms with Gasteiger partial charge in [0.1, 0.15) is 11.8 Å². The summed E-state index contributed by atoms with van der Waals surface area (Å²) in [6.45, 7) is 1.65. The first-order valence-electron chi connectivity index (χ1n) is 6.96. The van der Waals surface area contributed by atoms with Crippen LogP contribution in [0.5, 0.6) is 5.75 Å². The number of carboxylic acids is 1. The molecule has 120 valence electrons. The van der Waals surface area contributed by atoms with E-state index in [1.54, 1.807) is 24.3 Å². The fourth-order valence-electron chi connectivity index (χ4n) is 1.81. The monoisotopic (exact) mass is 308 g/mol. The van der Waals surface area contributed by atoms with E-state index in [1.165, 1.54) is 6.92 Å². The summed E-state index contributed by atoms with van der Waals surface area (Å²) in [5, 5.41) is 11.3. The molecular formula is C15H20N2O5. The molecule has 0 aliphatic carbocycles. The van der Waals surface area contributed by atoms with Gasteiger partial charge in [-0.1, -0.05) is 12.1 Å². The molecule has 4 N–H and O–H groups in total. The number of nitrogens with one attached hydrogen (secondary N) is 1. The van der Waals surface area contributed by atoms with Crippen LogP contribution in [0.3, 0.4) is 0 Å². The quantitative estimate of drug-likeness (QED) is 0.373. The van der Waals surface area contributed by atoms with Gasteiger partial charge in [0.2, 0.25) is 0 Å². The van der Waals surface area contributed by atoms with Crippen molar-refractivity contribution in [2.24, 2.45) is 5.73 Å². The molecule has 0 aliphatic rings. The zero-order chi connectivity index (χ0) is 16.5. The Morgan fingerprint density at radius 2 is 1.95 bits per heavy atom. The molecule has 0 aromatic heterocycles. The van der Waals surface area contributed by atoms with Crippen LogP contribution in [0.4, 0.5) is 0 Å². The SMILES string of the molecule is CC(=O)Oc1ccccc1C(=O)NCCCCC(N)C(=O)O. The minimum atomic E-state index is -1.03. The topological polar surface area (TPSA) is 119 Å². The molecular weight excluding hydrogens is 288 g/mol. The summed E-state index contributed by atoms with van der Waals surface area (Å²) in [5.41, 5.74) is 5.66. The van der Waals surface area contributed by atoms with E-state index in [0.29, 0.717) is 25.8 Å². The Morgan fingerprint density at radius 1 is 1.27 bits per heavy atom. The lowest BCUT2D eigenvalue weighted by Crippen LogP contribution is -2.30. The lowest BCUT2D eigenvalue weighted by molar-refractivity contribution is -0.138. The molecule has 1 amide bonds. The number of benzene rings is 1. The third-order valence-corrected chi connectivity index (χ3v) is 2.93. The van der Waals surface area contributed by atoms with Gasteiger partial charge in [-0.15, -0.1) is 0 Å². The van der Waals surface area contributed by atoms with Crippen LogP contribution in [-0.2, 0) is 9.59 Å². The standard InChI is InChI=1S/C15H20N2O5/c1-10(18)22-13-8-3-2-6-11(13)14(19)17-9-5-4-7-12(16)15(20)21/h2-3,6,8,12H,4-5,7,9,16H2,1H3,(H,17,19)(H,20,21). The van der Waals surface area contributed by atoms with E-state index in [0.717, 1.165) is 0 Å². The molecule has 0 saturated carbocycles. The van der Waals surface area contributed by atoms with Crippen molar-refractivity contribution < 1.29 is 24.2 Å². The second kappa shape index (κ2) is 8.78. The van der Waals surface area contributed by atoms with Crippen molar-refractivity contribution in [3.05, 3.63) is 29.8 Å². The maximum atomic E-state index is 12.0. The van der Waals surface area contributed by atoms with E-state index >= 15 is 0 Å². The molecule has 22 heavy (non-hydrogen) atoms. The largest absolute Gasteiger partial charge is 0.480 e. The average Bonchev–Trinajstić information content (AvgIpc) is 2.46. The zero-order valence-corrected chi connectivity index (χ0v) is 12.4.